The molecule has 2 aromatic heterocycles. The van der Waals surface area contributed by atoms with E-state index < -0.39 is 0 Å². The lowest BCUT2D eigenvalue weighted by molar-refractivity contribution is -0.129. The summed E-state index contributed by atoms with van der Waals surface area (Å²) in [6, 6.07) is 6.06. The number of carbonyl (C=O) groups excluding carboxylic acids is 1. The minimum atomic E-state index is -0.0472. The van der Waals surface area contributed by atoms with Gasteiger partial charge in [-0.25, -0.2) is 9.97 Å². The first kappa shape index (κ1) is 15.4. The van der Waals surface area contributed by atoms with Gasteiger partial charge in [-0.1, -0.05) is 6.07 Å². The number of pyridine rings is 1. The maximum absolute atomic E-state index is 12.3. The third-order valence-electron chi connectivity index (χ3n) is 3.81. The summed E-state index contributed by atoms with van der Waals surface area (Å²) in [5.41, 5.74) is 2.70. The first-order valence-electron chi connectivity index (χ1n) is 7.76. The van der Waals surface area contributed by atoms with Crippen LogP contribution in [0.25, 0.3) is 0 Å². The van der Waals surface area contributed by atoms with Crippen LogP contribution in [0.1, 0.15) is 23.4 Å². The number of nitrogens with zero attached hydrogens (tertiary/aromatic N) is 4. The van der Waals surface area contributed by atoms with Crippen LogP contribution in [0.5, 0.6) is 6.01 Å². The molecule has 1 unspecified atom stereocenters. The normalized spacial score (nSPS) is 17.3. The first-order chi connectivity index (χ1) is 11.1. The predicted molar refractivity (Wildman–Crippen MR) is 85.1 cm³/mol. The topological polar surface area (TPSA) is 68.2 Å². The van der Waals surface area contributed by atoms with Gasteiger partial charge in [-0.3, -0.25) is 9.78 Å². The van der Waals surface area contributed by atoms with E-state index in [1.807, 2.05) is 36.9 Å². The number of hydrogen-bond donors (Lipinski definition) is 0. The minimum Gasteiger partial charge on any atom is -0.458 e. The molecule has 0 aromatic carbocycles. The molecule has 2 aromatic rings. The zero-order valence-electron chi connectivity index (χ0n) is 13.4. The molecule has 0 N–H and O–H groups in total. The van der Waals surface area contributed by atoms with Crippen molar-refractivity contribution in [1.29, 1.82) is 0 Å². The van der Waals surface area contributed by atoms with Gasteiger partial charge in [0.2, 0.25) is 5.91 Å². The van der Waals surface area contributed by atoms with Gasteiger partial charge < -0.3 is 9.64 Å². The summed E-state index contributed by atoms with van der Waals surface area (Å²) in [5, 5.41) is 0. The Hall–Kier alpha value is -2.50. The van der Waals surface area contributed by atoms with Gasteiger partial charge in [-0.15, -0.1) is 0 Å². The van der Waals surface area contributed by atoms with Gasteiger partial charge in [0.05, 0.1) is 13.0 Å². The molecule has 1 fully saturated rings. The van der Waals surface area contributed by atoms with E-state index in [0.717, 1.165) is 23.4 Å². The summed E-state index contributed by atoms with van der Waals surface area (Å²) >= 11 is 0. The number of aryl methyl sites for hydroxylation is 2. The molecule has 0 aliphatic carbocycles. The van der Waals surface area contributed by atoms with Crippen molar-refractivity contribution in [3.05, 3.63) is 47.5 Å². The highest BCUT2D eigenvalue weighted by atomic mass is 16.5. The van der Waals surface area contributed by atoms with Crippen LogP contribution in [0.15, 0.2) is 30.6 Å². The first-order valence-corrected chi connectivity index (χ1v) is 7.76. The van der Waals surface area contributed by atoms with E-state index in [-0.39, 0.29) is 12.0 Å². The number of rotatable bonds is 4. The molecule has 120 valence electrons. The van der Waals surface area contributed by atoms with Crippen molar-refractivity contribution in [1.82, 2.24) is 19.9 Å². The van der Waals surface area contributed by atoms with Crippen molar-refractivity contribution >= 4 is 5.91 Å². The summed E-state index contributed by atoms with van der Waals surface area (Å²) in [6.45, 7) is 5.11. The zero-order chi connectivity index (χ0) is 16.2. The molecule has 6 nitrogen and oxygen atoms in total. The fourth-order valence-electron chi connectivity index (χ4n) is 2.74. The molecule has 1 amide bonds. The van der Waals surface area contributed by atoms with Crippen molar-refractivity contribution in [2.45, 2.75) is 32.8 Å². The number of hydrogen-bond acceptors (Lipinski definition) is 5. The molecule has 1 saturated heterocycles. The monoisotopic (exact) mass is 312 g/mol. The second-order valence-corrected chi connectivity index (χ2v) is 5.84. The van der Waals surface area contributed by atoms with E-state index in [9.17, 15) is 4.79 Å². The Morgan fingerprint density at radius 1 is 1.35 bits per heavy atom. The van der Waals surface area contributed by atoms with Gasteiger partial charge in [0.1, 0.15) is 6.10 Å². The Balaban J connectivity index is 1.56. The Labute approximate surface area is 135 Å². The Kier molecular flexibility index (Phi) is 4.50. The second-order valence-electron chi connectivity index (χ2n) is 5.84. The molecule has 0 radical (unpaired) electrons. The molecule has 1 aliphatic heterocycles. The van der Waals surface area contributed by atoms with Gasteiger partial charge in [-0.2, -0.15) is 0 Å². The van der Waals surface area contributed by atoms with Crippen LogP contribution in [0, 0.1) is 13.8 Å². The van der Waals surface area contributed by atoms with Crippen LogP contribution in [0.2, 0.25) is 0 Å². The summed E-state index contributed by atoms with van der Waals surface area (Å²) in [7, 11) is 0. The van der Waals surface area contributed by atoms with Gasteiger partial charge in [-0.05, 0) is 31.5 Å². The number of carbonyl (C=O) groups is 1. The summed E-state index contributed by atoms with van der Waals surface area (Å²) < 4.78 is 5.84. The van der Waals surface area contributed by atoms with Crippen LogP contribution in [0.4, 0.5) is 0 Å². The zero-order valence-corrected chi connectivity index (χ0v) is 13.4. The molecule has 3 rings (SSSR count). The average molecular weight is 312 g/mol. The molecule has 23 heavy (non-hydrogen) atoms. The van der Waals surface area contributed by atoms with E-state index >= 15 is 0 Å². The maximum atomic E-state index is 12.3. The quantitative estimate of drug-likeness (QED) is 0.860. The van der Waals surface area contributed by atoms with Gasteiger partial charge in [0.15, 0.2) is 0 Å². The van der Waals surface area contributed by atoms with Crippen LogP contribution in [-0.4, -0.2) is 45.0 Å². The van der Waals surface area contributed by atoms with Crippen molar-refractivity contribution in [3.8, 4) is 6.01 Å². The van der Waals surface area contributed by atoms with Gasteiger partial charge in [0.25, 0.3) is 0 Å². The predicted octanol–water partition coefficient (Wildman–Crippen LogP) is 1.71. The van der Waals surface area contributed by atoms with E-state index in [2.05, 4.69) is 15.0 Å². The lowest BCUT2D eigenvalue weighted by atomic mass is 10.2. The Morgan fingerprint density at radius 2 is 2.13 bits per heavy atom. The van der Waals surface area contributed by atoms with Crippen LogP contribution in [-0.2, 0) is 11.2 Å². The lowest BCUT2D eigenvalue weighted by Gasteiger charge is -2.17. The summed E-state index contributed by atoms with van der Waals surface area (Å²) in [4.78, 5) is 26.8. The number of ether oxygens (including phenoxy) is 1. The largest absolute Gasteiger partial charge is 0.458 e. The highest BCUT2D eigenvalue weighted by molar-refractivity contribution is 5.79. The third kappa shape index (κ3) is 4.03. The molecule has 3 heterocycles. The van der Waals surface area contributed by atoms with Crippen LogP contribution >= 0.6 is 0 Å². The highest BCUT2D eigenvalue weighted by Crippen LogP contribution is 2.17. The van der Waals surface area contributed by atoms with Crippen molar-refractivity contribution in [2.24, 2.45) is 0 Å². The smallest absolute Gasteiger partial charge is 0.317 e. The molecule has 1 aliphatic rings. The van der Waals surface area contributed by atoms with Crippen molar-refractivity contribution in [2.75, 3.05) is 13.1 Å². The van der Waals surface area contributed by atoms with E-state index in [0.29, 0.717) is 25.5 Å². The fourth-order valence-corrected chi connectivity index (χ4v) is 2.74. The summed E-state index contributed by atoms with van der Waals surface area (Å²) in [6.07, 6.45) is 4.56. The third-order valence-corrected chi connectivity index (χ3v) is 3.81. The Bertz CT molecular complexity index is 670. The molecule has 0 bridgehead atoms. The van der Waals surface area contributed by atoms with Gasteiger partial charge in [0, 0.05) is 36.7 Å². The molecule has 6 heteroatoms. The number of aromatic nitrogens is 3. The molecule has 0 saturated carbocycles. The molecular formula is C17H20N4O2. The average Bonchev–Trinajstić information content (AvgIpc) is 2.96. The lowest BCUT2D eigenvalue weighted by Crippen LogP contribution is -2.32. The summed E-state index contributed by atoms with van der Waals surface area (Å²) in [5.74, 6) is 0.102. The maximum Gasteiger partial charge on any atom is 0.317 e. The van der Waals surface area contributed by atoms with E-state index in [1.54, 1.807) is 12.4 Å². The molecular weight excluding hydrogens is 292 g/mol. The van der Waals surface area contributed by atoms with E-state index in [4.69, 9.17) is 4.74 Å². The number of likely N-dealkylation sites (tertiary alicyclic amines) is 1. The fraction of sp³-hybridized carbons (Fsp3) is 0.412. The standard InChI is InChI=1S/C17H20N4O2/c1-12-8-13(2)20-17(19-12)23-15-5-7-21(11-15)16(22)9-14-4-3-6-18-10-14/h3-4,6,8,10,15H,5,7,9,11H2,1-2H3. The van der Waals surface area contributed by atoms with Crippen molar-refractivity contribution < 1.29 is 9.53 Å². The van der Waals surface area contributed by atoms with Crippen LogP contribution < -0.4 is 4.74 Å². The molecule has 0 spiro atoms. The Morgan fingerprint density at radius 3 is 2.83 bits per heavy atom. The van der Waals surface area contributed by atoms with Crippen LogP contribution in [0.3, 0.4) is 0 Å². The van der Waals surface area contributed by atoms with Crippen molar-refractivity contribution in [3.63, 3.8) is 0 Å². The van der Waals surface area contributed by atoms with Gasteiger partial charge >= 0.3 is 6.01 Å². The highest BCUT2D eigenvalue weighted by Gasteiger charge is 2.28. The minimum absolute atomic E-state index is 0.0472. The second kappa shape index (κ2) is 6.73. The SMILES string of the molecule is Cc1cc(C)nc(OC2CCN(C(=O)Cc3cccnc3)C2)n1. The van der Waals surface area contributed by atoms with E-state index in [1.165, 1.54) is 0 Å². The molecule has 1 atom stereocenters. The number of amides is 1.